The van der Waals surface area contributed by atoms with Gasteiger partial charge in [0, 0.05) is 26.2 Å². The molecule has 7 nitrogen and oxygen atoms in total. The smallest absolute Gasteiger partial charge is 0.280 e. The second-order valence-corrected chi connectivity index (χ2v) is 8.76. The molecule has 0 amide bonds. The summed E-state index contributed by atoms with van der Waals surface area (Å²) in [7, 11) is -3.53. The lowest BCUT2D eigenvalue weighted by molar-refractivity contribution is 0.384. The van der Waals surface area contributed by atoms with Crippen molar-refractivity contribution < 1.29 is 8.42 Å². The van der Waals surface area contributed by atoms with Crippen LogP contribution in [-0.4, -0.2) is 49.1 Å². The van der Waals surface area contributed by atoms with Crippen molar-refractivity contribution in [1.82, 2.24) is 14.5 Å². The van der Waals surface area contributed by atoms with Gasteiger partial charge in [-0.05, 0) is 47.0 Å². The van der Waals surface area contributed by atoms with Crippen molar-refractivity contribution in [2.24, 2.45) is 0 Å². The third-order valence-electron chi connectivity index (χ3n) is 4.32. The van der Waals surface area contributed by atoms with Gasteiger partial charge in [-0.15, -0.1) is 0 Å². The van der Waals surface area contributed by atoms with Crippen molar-refractivity contribution in [2.45, 2.75) is 18.7 Å². The van der Waals surface area contributed by atoms with Crippen LogP contribution < -0.4 is 10.5 Å². The molecule has 1 saturated heterocycles. The van der Waals surface area contributed by atoms with Crippen LogP contribution in [0.4, 0.5) is 5.69 Å². The fourth-order valence-corrected chi connectivity index (χ4v) is 5.06. The standard InChI is InChI=1S/C16H19BrN4O3S/c1-11-3-4-12(2)14(9-11)25(23,24)21-7-5-20(6-8-21)13-10-18-19-16(22)15(13)17/h3-4,9-10H,5-8H2,1-2H3,(H,19,22). The van der Waals surface area contributed by atoms with E-state index in [1.807, 2.05) is 30.9 Å². The Bertz CT molecular complexity index is 950. The van der Waals surface area contributed by atoms with Crippen LogP contribution in [0.3, 0.4) is 0 Å². The van der Waals surface area contributed by atoms with E-state index >= 15 is 0 Å². The highest BCUT2D eigenvalue weighted by molar-refractivity contribution is 9.10. The Balaban J connectivity index is 1.81. The van der Waals surface area contributed by atoms with Crippen molar-refractivity contribution in [1.29, 1.82) is 0 Å². The minimum atomic E-state index is -3.53. The summed E-state index contributed by atoms with van der Waals surface area (Å²) in [4.78, 5) is 14.0. The van der Waals surface area contributed by atoms with Crippen molar-refractivity contribution in [2.75, 3.05) is 31.1 Å². The molecule has 2 aromatic rings. The molecule has 1 aliphatic rings. The summed E-state index contributed by atoms with van der Waals surface area (Å²) in [6.45, 7) is 5.39. The molecule has 1 N–H and O–H groups in total. The Kier molecular flexibility index (Phi) is 4.99. The maximum absolute atomic E-state index is 13.0. The number of rotatable bonds is 3. The van der Waals surface area contributed by atoms with Gasteiger partial charge in [-0.3, -0.25) is 4.79 Å². The summed E-state index contributed by atoms with van der Waals surface area (Å²) in [6.07, 6.45) is 1.57. The summed E-state index contributed by atoms with van der Waals surface area (Å²) in [5.41, 5.74) is 2.03. The number of H-pyrrole nitrogens is 1. The Hall–Kier alpha value is -1.71. The number of sulfonamides is 1. The molecule has 134 valence electrons. The van der Waals surface area contributed by atoms with Crippen LogP contribution in [0.25, 0.3) is 0 Å². The van der Waals surface area contributed by atoms with Crippen LogP contribution in [0.15, 0.2) is 38.6 Å². The second kappa shape index (κ2) is 6.89. The minimum Gasteiger partial charge on any atom is -0.367 e. The monoisotopic (exact) mass is 426 g/mol. The molecule has 9 heteroatoms. The van der Waals surface area contributed by atoms with Gasteiger partial charge in [-0.1, -0.05) is 12.1 Å². The number of hydrogen-bond donors (Lipinski definition) is 1. The summed E-state index contributed by atoms with van der Waals surface area (Å²) in [5, 5.41) is 6.18. The number of aryl methyl sites for hydroxylation is 2. The zero-order valence-corrected chi connectivity index (χ0v) is 16.4. The van der Waals surface area contributed by atoms with Crippen molar-refractivity contribution in [3.8, 4) is 0 Å². The van der Waals surface area contributed by atoms with E-state index in [4.69, 9.17) is 0 Å². The fourth-order valence-electron chi connectivity index (χ4n) is 2.89. The van der Waals surface area contributed by atoms with Gasteiger partial charge in [0.1, 0.15) is 4.47 Å². The Morgan fingerprint density at radius 3 is 2.52 bits per heavy atom. The first-order valence-electron chi connectivity index (χ1n) is 7.86. The molecule has 25 heavy (non-hydrogen) atoms. The van der Waals surface area contributed by atoms with Crippen molar-refractivity contribution in [3.63, 3.8) is 0 Å². The molecule has 0 unspecified atom stereocenters. The van der Waals surface area contributed by atoms with Crippen LogP contribution >= 0.6 is 15.9 Å². The zero-order chi connectivity index (χ0) is 18.2. The molecule has 2 heterocycles. The highest BCUT2D eigenvalue weighted by Crippen LogP contribution is 2.26. The van der Waals surface area contributed by atoms with Gasteiger partial charge in [0.15, 0.2) is 0 Å². The number of nitrogens with one attached hydrogen (secondary N) is 1. The number of nitrogens with zero attached hydrogens (tertiary/aromatic N) is 3. The van der Waals surface area contributed by atoms with Crippen LogP contribution in [0.1, 0.15) is 11.1 Å². The SMILES string of the molecule is Cc1ccc(C)c(S(=O)(=O)N2CCN(c3cn[nH]c(=O)c3Br)CC2)c1. The highest BCUT2D eigenvalue weighted by Gasteiger charge is 2.30. The lowest BCUT2D eigenvalue weighted by atomic mass is 10.2. The first kappa shape index (κ1) is 18.1. The highest BCUT2D eigenvalue weighted by atomic mass is 79.9. The van der Waals surface area contributed by atoms with Gasteiger partial charge in [0.25, 0.3) is 5.56 Å². The molecule has 1 aromatic heterocycles. The quantitative estimate of drug-likeness (QED) is 0.806. The van der Waals surface area contributed by atoms with Crippen LogP contribution in [0.5, 0.6) is 0 Å². The molecule has 1 aliphatic heterocycles. The first-order valence-corrected chi connectivity index (χ1v) is 10.1. The number of halogens is 1. The maximum atomic E-state index is 13.0. The molecule has 0 radical (unpaired) electrons. The van der Waals surface area contributed by atoms with Crippen molar-refractivity contribution >= 4 is 31.6 Å². The van der Waals surface area contributed by atoms with E-state index in [0.717, 1.165) is 11.1 Å². The number of benzene rings is 1. The van der Waals surface area contributed by atoms with E-state index in [2.05, 4.69) is 26.1 Å². The molecule has 1 aromatic carbocycles. The molecular weight excluding hydrogens is 408 g/mol. The Morgan fingerprint density at radius 1 is 1.16 bits per heavy atom. The lowest BCUT2D eigenvalue weighted by Crippen LogP contribution is -2.49. The molecule has 0 spiro atoms. The van der Waals surface area contributed by atoms with Gasteiger partial charge in [0.05, 0.1) is 16.8 Å². The normalized spacial score (nSPS) is 16.2. The van der Waals surface area contributed by atoms with Crippen LogP contribution in [0, 0.1) is 13.8 Å². The Labute approximate surface area is 154 Å². The van der Waals surface area contributed by atoms with Gasteiger partial charge >= 0.3 is 0 Å². The summed E-state index contributed by atoms with van der Waals surface area (Å²) >= 11 is 3.27. The van der Waals surface area contributed by atoms with E-state index < -0.39 is 10.0 Å². The second-order valence-electron chi connectivity index (χ2n) is 6.06. The third kappa shape index (κ3) is 3.49. The molecule has 0 aliphatic carbocycles. The predicted octanol–water partition coefficient (Wildman–Crippen LogP) is 1.66. The lowest BCUT2D eigenvalue weighted by Gasteiger charge is -2.35. The van der Waals surface area contributed by atoms with Crippen LogP contribution in [0.2, 0.25) is 0 Å². The maximum Gasteiger partial charge on any atom is 0.280 e. The molecule has 0 atom stereocenters. The van der Waals surface area contributed by atoms with E-state index in [-0.39, 0.29) is 5.56 Å². The summed E-state index contributed by atoms with van der Waals surface area (Å²) in [5.74, 6) is 0. The van der Waals surface area contributed by atoms with E-state index in [0.29, 0.717) is 41.2 Å². The molecule has 0 bridgehead atoms. The number of aromatic nitrogens is 2. The number of anilines is 1. The molecule has 3 rings (SSSR count). The summed E-state index contributed by atoms with van der Waals surface area (Å²) in [6, 6.07) is 5.45. The first-order chi connectivity index (χ1) is 11.8. The van der Waals surface area contributed by atoms with Crippen LogP contribution in [-0.2, 0) is 10.0 Å². The summed E-state index contributed by atoms with van der Waals surface area (Å²) < 4.78 is 27.8. The van der Waals surface area contributed by atoms with Gasteiger partial charge < -0.3 is 4.90 Å². The zero-order valence-electron chi connectivity index (χ0n) is 14.0. The van der Waals surface area contributed by atoms with Gasteiger partial charge in [-0.2, -0.15) is 9.40 Å². The average molecular weight is 427 g/mol. The van der Waals surface area contributed by atoms with Gasteiger partial charge in [0.2, 0.25) is 10.0 Å². The number of piperazine rings is 1. The van der Waals surface area contributed by atoms with E-state index in [1.165, 1.54) is 4.31 Å². The largest absolute Gasteiger partial charge is 0.367 e. The van der Waals surface area contributed by atoms with E-state index in [1.54, 1.807) is 12.3 Å². The Morgan fingerprint density at radius 2 is 1.84 bits per heavy atom. The van der Waals surface area contributed by atoms with E-state index in [9.17, 15) is 13.2 Å². The molecule has 0 saturated carbocycles. The third-order valence-corrected chi connectivity index (χ3v) is 7.12. The molecular formula is C16H19BrN4O3S. The minimum absolute atomic E-state index is 0.303. The predicted molar refractivity (Wildman–Crippen MR) is 99.4 cm³/mol. The topological polar surface area (TPSA) is 86.4 Å². The van der Waals surface area contributed by atoms with Crippen molar-refractivity contribution in [3.05, 3.63) is 50.3 Å². The fraction of sp³-hybridized carbons (Fsp3) is 0.375. The molecule has 1 fully saturated rings. The number of hydrogen-bond acceptors (Lipinski definition) is 5. The number of aromatic amines is 1. The van der Waals surface area contributed by atoms with Gasteiger partial charge in [-0.25, -0.2) is 13.5 Å². The average Bonchev–Trinajstić information content (AvgIpc) is 2.59.